The van der Waals surface area contributed by atoms with Gasteiger partial charge in [-0.3, -0.25) is 0 Å². The average Bonchev–Trinajstić information content (AvgIpc) is 2.24. The minimum atomic E-state index is 0.886. The molecule has 0 radical (unpaired) electrons. The number of likely N-dealkylation sites (tertiary alicyclic amines) is 1. The van der Waals surface area contributed by atoms with E-state index < -0.39 is 0 Å². The van der Waals surface area contributed by atoms with E-state index in [4.69, 9.17) is 0 Å². The van der Waals surface area contributed by atoms with Gasteiger partial charge in [-0.05, 0) is 50.0 Å². The van der Waals surface area contributed by atoms with Crippen LogP contribution in [0.5, 0.6) is 0 Å². The lowest BCUT2D eigenvalue weighted by molar-refractivity contribution is 0.0415. The Morgan fingerprint density at radius 1 is 1.12 bits per heavy atom. The molecule has 1 aliphatic carbocycles. The summed E-state index contributed by atoms with van der Waals surface area (Å²) in [5.41, 5.74) is 0. The fourth-order valence-corrected chi connectivity index (χ4v) is 3.58. The summed E-state index contributed by atoms with van der Waals surface area (Å²) in [6.45, 7) is 9.93. The highest BCUT2D eigenvalue weighted by molar-refractivity contribution is 4.87. The zero-order valence-electron chi connectivity index (χ0n) is 12.1. The zero-order chi connectivity index (χ0) is 12.3. The van der Waals surface area contributed by atoms with Gasteiger partial charge in [0.1, 0.15) is 0 Å². The van der Waals surface area contributed by atoms with E-state index in [-0.39, 0.29) is 0 Å². The maximum atomic E-state index is 2.81. The van der Waals surface area contributed by atoms with Crippen LogP contribution in [-0.2, 0) is 0 Å². The summed E-state index contributed by atoms with van der Waals surface area (Å²) in [5.74, 6) is 2.90. The molecule has 0 amide bonds. The van der Waals surface area contributed by atoms with Crippen molar-refractivity contribution in [1.29, 1.82) is 0 Å². The van der Waals surface area contributed by atoms with Crippen LogP contribution in [0.1, 0.15) is 65.7 Å². The van der Waals surface area contributed by atoms with Crippen molar-refractivity contribution in [2.75, 3.05) is 13.1 Å². The number of rotatable bonds is 5. The maximum absolute atomic E-state index is 2.81. The molecule has 1 heteroatoms. The fourth-order valence-electron chi connectivity index (χ4n) is 3.58. The molecule has 0 bridgehead atoms. The third kappa shape index (κ3) is 3.47. The summed E-state index contributed by atoms with van der Waals surface area (Å²) in [5, 5.41) is 0. The predicted octanol–water partition coefficient (Wildman–Crippen LogP) is 4.32. The minimum Gasteiger partial charge on any atom is -0.300 e. The van der Waals surface area contributed by atoms with Gasteiger partial charge in [-0.25, -0.2) is 0 Å². The Hall–Kier alpha value is -0.0400. The normalized spacial score (nSPS) is 31.8. The Kier molecular flexibility index (Phi) is 4.90. The summed E-state index contributed by atoms with van der Waals surface area (Å²) in [6, 6.07) is 0.968. The summed E-state index contributed by atoms with van der Waals surface area (Å²) < 4.78 is 0. The number of piperidine rings is 1. The van der Waals surface area contributed by atoms with Crippen LogP contribution in [0.2, 0.25) is 0 Å². The smallest absolute Gasteiger partial charge is 0.00953 e. The lowest BCUT2D eigenvalue weighted by Crippen LogP contribution is -2.48. The van der Waals surface area contributed by atoms with Crippen LogP contribution in [0, 0.1) is 17.8 Å². The van der Waals surface area contributed by atoms with E-state index in [0.29, 0.717) is 0 Å². The monoisotopic (exact) mass is 237 g/mol. The second-order valence-corrected chi connectivity index (χ2v) is 6.77. The second-order valence-electron chi connectivity index (χ2n) is 6.77. The van der Waals surface area contributed by atoms with Gasteiger partial charge >= 0.3 is 0 Å². The van der Waals surface area contributed by atoms with Gasteiger partial charge in [0.25, 0.3) is 0 Å². The first kappa shape index (κ1) is 13.4. The molecule has 2 aliphatic rings. The molecular formula is C16H31N. The Bertz CT molecular complexity index is 220. The second kappa shape index (κ2) is 6.22. The van der Waals surface area contributed by atoms with Crippen LogP contribution < -0.4 is 0 Å². The molecule has 100 valence electrons. The highest BCUT2D eigenvalue weighted by Gasteiger charge is 2.33. The molecule has 0 N–H and O–H groups in total. The fraction of sp³-hybridized carbons (Fsp3) is 1.00. The van der Waals surface area contributed by atoms with Crippen LogP contribution >= 0.6 is 0 Å². The lowest BCUT2D eigenvalue weighted by Gasteiger charge is -2.45. The highest BCUT2D eigenvalue weighted by atomic mass is 15.2. The maximum Gasteiger partial charge on any atom is 0.00953 e. The van der Waals surface area contributed by atoms with E-state index in [0.717, 1.165) is 23.8 Å². The zero-order valence-corrected chi connectivity index (χ0v) is 12.1. The molecule has 0 unspecified atom stereocenters. The molecule has 0 aromatic rings. The molecule has 2 atom stereocenters. The van der Waals surface area contributed by atoms with Crippen molar-refractivity contribution in [2.45, 2.75) is 71.8 Å². The van der Waals surface area contributed by atoms with Gasteiger partial charge in [0, 0.05) is 12.6 Å². The van der Waals surface area contributed by atoms with E-state index in [9.17, 15) is 0 Å². The molecule has 17 heavy (non-hydrogen) atoms. The molecule has 2 fully saturated rings. The van der Waals surface area contributed by atoms with E-state index in [2.05, 4.69) is 25.7 Å². The molecular weight excluding hydrogens is 206 g/mol. The lowest BCUT2D eigenvalue weighted by atomic mass is 9.78. The first-order valence-corrected chi connectivity index (χ1v) is 7.94. The van der Waals surface area contributed by atoms with Gasteiger partial charge in [0.15, 0.2) is 0 Å². The van der Waals surface area contributed by atoms with Crippen molar-refractivity contribution in [2.24, 2.45) is 17.8 Å². The van der Waals surface area contributed by atoms with Crippen molar-refractivity contribution < 1.29 is 0 Å². The van der Waals surface area contributed by atoms with Crippen molar-refractivity contribution in [3.05, 3.63) is 0 Å². The van der Waals surface area contributed by atoms with Crippen LogP contribution in [0.15, 0.2) is 0 Å². The molecule has 0 aromatic carbocycles. The Morgan fingerprint density at radius 3 is 2.41 bits per heavy atom. The average molecular weight is 237 g/mol. The summed E-state index contributed by atoms with van der Waals surface area (Å²) in [7, 11) is 0. The van der Waals surface area contributed by atoms with Gasteiger partial charge in [-0.15, -0.1) is 0 Å². The van der Waals surface area contributed by atoms with Crippen LogP contribution in [0.25, 0.3) is 0 Å². The molecule has 1 aliphatic heterocycles. The van der Waals surface area contributed by atoms with Gasteiger partial charge < -0.3 is 4.90 Å². The van der Waals surface area contributed by atoms with Gasteiger partial charge in [0.05, 0.1) is 0 Å². The standard InChI is InChI=1S/C16H31N/c1-4-14-12-17(16-6-5-7-16)11-10-15(14)9-8-13(2)3/h13-16H,4-12H2,1-3H3/t14-,15-/m1/s1. The third-order valence-electron chi connectivity index (χ3n) is 5.15. The van der Waals surface area contributed by atoms with E-state index >= 15 is 0 Å². The largest absolute Gasteiger partial charge is 0.300 e. The molecule has 0 aromatic heterocycles. The Morgan fingerprint density at radius 2 is 1.88 bits per heavy atom. The summed E-state index contributed by atoms with van der Waals surface area (Å²) in [4.78, 5) is 2.81. The first-order valence-electron chi connectivity index (χ1n) is 7.94. The third-order valence-corrected chi connectivity index (χ3v) is 5.15. The van der Waals surface area contributed by atoms with Crippen LogP contribution in [-0.4, -0.2) is 24.0 Å². The van der Waals surface area contributed by atoms with Crippen molar-refractivity contribution in [3.8, 4) is 0 Å². The molecule has 1 saturated heterocycles. The van der Waals surface area contributed by atoms with Crippen molar-refractivity contribution >= 4 is 0 Å². The number of hydrogen-bond donors (Lipinski definition) is 0. The van der Waals surface area contributed by atoms with E-state index in [1.807, 2.05) is 0 Å². The molecule has 2 rings (SSSR count). The summed E-state index contributed by atoms with van der Waals surface area (Å²) >= 11 is 0. The van der Waals surface area contributed by atoms with Gasteiger partial charge in [0.2, 0.25) is 0 Å². The van der Waals surface area contributed by atoms with E-state index in [1.54, 1.807) is 0 Å². The topological polar surface area (TPSA) is 3.24 Å². The summed E-state index contributed by atoms with van der Waals surface area (Å²) in [6.07, 6.45) is 10.2. The highest BCUT2D eigenvalue weighted by Crippen LogP contribution is 2.35. The predicted molar refractivity (Wildman–Crippen MR) is 75.2 cm³/mol. The van der Waals surface area contributed by atoms with E-state index in [1.165, 1.54) is 58.0 Å². The first-order chi connectivity index (χ1) is 8.20. The SMILES string of the molecule is CC[C@@H]1CN(C2CCC2)CC[C@H]1CCC(C)C. The van der Waals surface area contributed by atoms with Crippen LogP contribution in [0.3, 0.4) is 0 Å². The molecule has 1 nitrogen and oxygen atoms in total. The Balaban J connectivity index is 1.80. The molecule has 0 spiro atoms. The van der Waals surface area contributed by atoms with Crippen molar-refractivity contribution in [3.63, 3.8) is 0 Å². The van der Waals surface area contributed by atoms with Crippen LogP contribution in [0.4, 0.5) is 0 Å². The Labute approximate surface area is 108 Å². The van der Waals surface area contributed by atoms with Gasteiger partial charge in [-0.1, -0.05) is 40.0 Å². The van der Waals surface area contributed by atoms with Gasteiger partial charge in [-0.2, -0.15) is 0 Å². The number of nitrogens with zero attached hydrogens (tertiary/aromatic N) is 1. The molecule has 1 heterocycles. The number of hydrogen-bond acceptors (Lipinski definition) is 1. The molecule has 1 saturated carbocycles. The quantitative estimate of drug-likeness (QED) is 0.688. The minimum absolute atomic E-state index is 0.886. The van der Waals surface area contributed by atoms with Crippen molar-refractivity contribution in [1.82, 2.24) is 4.90 Å².